The van der Waals surface area contributed by atoms with Crippen LogP contribution in [0.5, 0.6) is 0 Å². The molecule has 0 unspecified atom stereocenters. The Morgan fingerprint density at radius 1 is 0.882 bits per heavy atom. The molecule has 2 rings (SSSR count). The molecule has 2 fully saturated rings. The van der Waals surface area contributed by atoms with E-state index in [2.05, 4.69) is 10.6 Å². The van der Waals surface area contributed by atoms with Gasteiger partial charge in [0.25, 0.3) is 0 Å². The lowest BCUT2D eigenvalue weighted by atomic mass is 10.1. The first-order valence-corrected chi connectivity index (χ1v) is 8.15. The lowest BCUT2D eigenvalue weighted by molar-refractivity contribution is 0.232. The summed E-state index contributed by atoms with van der Waals surface area (Å²) in [7, 11) is -2.85. The van der Waals surface area contributed by atoms with Gasteiger partial charge in [0.2, 0.25) is 0 Å². The number of nitrogens with one attached hydrogen (secondary N) is 2. The summed E-state index contributed by atoms with van der Waals surface area (Å²) in [5.74, 6) is 0.392. The lowest BCUT2D eigenvalue weighted by Crippen LogP contribution is -2.47. The van der Waals surface area contributed by atoms with Crippen LogP contribution in [0.2, 0.25) is 0 Å². The first-order chi connectivity index (χ1) is 8.05. The summed E-state index contributed by atoms with van der Waals surface area (Å²) in [5.41, 5.74) is 0. The van der Waals surface area contributed by atoms with Crippen molar-refractivity contribution >= 4 is 15.9 Å². The molecule has 98 valence electrons. The van der Waals surface area contributed by atoms with Crippen molar-refractivity contribution in [1.82, 2.24) is 10.6 Å². The summed E-state index contributed by atoms with van der Waals surface area (Å²) in [4.78, 5) is 11.7. The third-order valence-electron chi connectivity index (χ3n) is 3.58. The minimum Gasteiger partial charge on any atom is -0.335 e. The summed E-state index contributed by atoms with van der Waals surface area (Å²) in [6.07, 6.45) is 5.58. The fraction of sp³-hybridized carbons (Fsp3) is 0.909. The number of rotatable bonds is 2. The average Bonchev–Trinajstić information content (AvgIpc) is 2.74. The zero-order chi connectivity index (χ0) is 12.3. The Labute approximate surface area is 102 Å². The van der Waals surface area contributed by atoms with Crippen LogP contribution >= 0.6 is 0 Å². The highest BCUT2D eigenvalue weighted by Crippen LogP contribution is 2.17. The second-order valence-electron chi connectivity index (χ2n) is 5.03. The minimum atomic E-state index is -2.85. The van der Waals surface area contributed by atoms with E-state index in [4.69, 9.17) is 0 Å². The van der Waals surface area contributed by atoms with Crippen molar-refractivity contribution in [2.45, 2.75) is 50.6 Å². The number of carbonyl (C=O) groups is 1. The molecule has 1 aliphatic carbocycles. The van der Waals surface area contributed by atoms with E-state index in [1.165, 1.54) is 12.8 Å². The van der Waals surface area contributed by atoms with Gasteiger partial charge in [-0.3, -0.25) is 0 Å². The predicted molar refractivity (Wildman–Crippen MR) is 65.6 cm³/mol. The summed E-state index contributed by atoms with van der Waals surface area (Å²) >= 11 is 0. The zero-order valence-electron chi connectivity index (χ0n) is 9.94. The first-order valence-electron chi connectivity index (χ1n) is 6.33. The van der Waals surface area contributed by atoms with Gasteiger partial charge >= 0.3 is 6.03 Å². The average molecular weight is 260 g/mol. The quantitative estimate of drug-likeness (QED) is 0.771. The van der Waals surface area contributed by atoms with Crippen molar-refractivity contribution in [3.63, 3.8) is 0 Å². The maximum absolute atomic E-state index is 11.7. The van der Waals surface area contributed by atoms with Crippen LogP contribution in [-0.2, 0) is 9.84 Å². The fourth-order valence-electron chi connectivity index (χ4n) is 2.52. The van der Waals surface area contributed by atoms with Gasteiger partial charge in [-0.2, -0.15) is 0 Å². The van der Waals surface area contributed by atoms with Crippen LogP contribution in [0.25, 0.3) is 0 Å². The minimum absolute atomic E-state index is 0.0138. The number of sulfone groups is 1. The van der Waals surface area contributed by atoms with E-state index in [-0.39, 0.29) is 23.6 Å². The van der Waals surface area contributed by atoms with Crippen LogP contribution in [0.3, 0.4) is 0 Å². The molecule has 6 heteroatoms. The molecule has 2 aliphatic rings. The topological polar surface area (TPSA) is 75.3 Å². The molecule has 17 heavy (non-hydrogen) atoms. The van der Waals surface area contributed by atoms with Crippen LogP contribution < -0.4 is 10.6 Å². The highest BCUT2D eigenvalue weighted by molar-refractivity contribution is 7.91. The zero-order valence-corrected chi connectivity index (χ0v) is 10.8. The molecule has 2 N–H and O–H groups in total. The molecular formula is C11H20N2O3S. The fourth-order valence-corrected chi connectivity index (χ4v) is 4.01. The maximum Gasteiger partial charge on any atom is 0.315 e. The second kappa shape index (κ2) is 5.25. The van der Waals surface area contributed by atoms with Crippen molar-refractivity contribution in [3.8, 4) is 0 Å². The lowest BCUT2D eigenvalue weighted by Gasteiger charge is -2.24. The van der Waals surface area contributed by atoms with E-state index in [0.717, 1.165) is 12.8 Å². The number of hydrogen-bond donors (Lipinski definition) is 2. The van der Waals surface area contributed by atoms with E-state index in [9.17, 15) is 13.2 Å². The molecule has 5 nitrogen and oxygen atoms in total. The molecule has 0 aromatic heterocycles. The second-order valence-corrected chi connectivity index (χ2v) is 7.33. The normalized spacial score (nSPS) is 25.6. The highest BCUT2D eigenvalue weighted by Gasteiger charge is 2.25. The molecule has 1 saturated carbocycles. The molecule has 1 aliphatic heterocycles. The maximum atomic E-state index is 11.7. The molecule has 0 bridgehead atoms. The monoisotopic (exact) mass is 260 g/mol. The van der Waals surface area contributed by atoms with Gasteiger partial charge < -0.3 is 10.6 Å². The molecule has 0 aromatic carbocycles. The first kappa shape index (κ1) is 12.7. The Bertz CT molecular complexity index is 360. The van der Waals surface area contributed by atoms with Crippen LogP contribution in [0.15, 0.2) is 0 Å². The van der Waals surface area contributed by atoms with Crippen molar-refractivity contribution < 1.29 is 13.2 Å². The smallest absolute Gasteiger partial charge is 0.315 e. The summed E-state index contributed by atoms with van der Waals surface area (Å²) < 4.78 is 22.5. The van der Waals surface area contributed by atoms with Crippen molar-refractivity contribution in [3.05, 3.63) is 0 Å². The third-order valence-corrected chi connectivity index (χ3v) is 5.30. The van der Waals surface area contributed by atoms with E-state index < -0.39 is 9.84 Å². The number of urea groups is 1. The molecule has 0 spiro atoms. The largest absolute Gasteiger partial charge is 0.335 e. The van der Waals surface area contributed by atoms with Gasteiger partial charge in [0, 0.05) is 12.1 Å². The summed E-state index contributed by atoms with van der Waals surface area (Å²) in [5, 5.41) is 5.82. The Hall–Kier alpha value is -0.780. The molecule has 0 radical (unpaired) electrons. The predicted octanol–water partition coefficient (Wildman–Crippen LogP) is 0.805. The van der Waals surface area contributed by atoms with Crippen LogP contribution in [0, 0.1) is 0 Å². The van der Waals surface area contributed by atoms with Crippen molar-refractivity contribution in [1.29, 1.82) is 0 Å². The Kier molecular flexibility index (Phi) is 3.91. The van der Waals surface area contributed by atoms with Crippen LogP contribution in [0.1, 0.15) is 38.5 Å². The molecule has 1 saturated heterocycles. The molecule has 0 aromatic rings. The standard InChI is InChI=1S/C11H20N2O3S/c14-11(12-9-3-1-2-4-9)13-10-5-7-17(15,16)8-6-10/h9-10H,1-8H2,(H2,12,13,14). The number of carbonyl (C=O) groups excluding carboxylic acids is 1. The van der Waals surface area contributed by atoms with Crippen molar-refractivity contribution in [2.75, 3.05) is 11.5 Å². The van der Waals surface area contributed by atoms with E-state index in [0.29, 0.717) is 18.9 Å². The Balaban J connectivity index is 1.72. The molecule has 1 heterocycles. The van der Waals surface area contributed by atoms with Crippen LogP contribution in [0.4, 0.5) is 4.79 Å². The van der Waals surface area contributed by atoms with E-state index in [1.807, 2.05) is 0 Å². The third kappa shape index (κ3) is 3.87. The Morgan fingerprint density at radius 3 is 1.88 bits per heavy atom. The van der Waals surface area contributed by atoms with E-state index in [1.54, 1.807) is 0 Å². The van der Waals surface area contributed by atoms with Gasteiger partial charge in [0.15, 0.2) is 0 Å². The van der Waals surface area contributed by atoms with Gasteiger partial charge in [-0.15, -0.1) is 0 Å². The molecule has 0 atom stereocenters. The van der Waals surface area contributed by atoms with Gasteiger partial charge in [-0.1, -0.05) is 12.8 Å². The molecule has 2 amide bonds. The van der Waals surface area contributed by atoms with Gasteiger partial charge in [-0.25, -0.2) is 13.2 Å². The van der Waals surface area contributed by atoms with Gasteiger partial charge in [0.05, 0.1) is 11.5 Å². The molecular weight excluding hydrogens is 240 g/mol. The van der Waals surface area contributed by atoms with Gasteiger partial charge in [0.1, 0.15) is 9.84 Å². The van der Waals surface area contributed by atoms with E-state index >= 15 is 0 Å². The number of hydrogen-bond acceptors (Lipinski definition) is 3. The van der Waals surface area contributed by atoms with Crippen LogP contribution in [-0.4, -0.2) is 38.0 Å². The van der Waals surface area contributed by atoms with Crippen molar-refractivity contribution in [2.24, 2.45) is 0 Å². The summed E-state index contributed by atoms with van der Waals surface area (Å²) in [6.45, 7) is 0. The Morgan fingerprint density at radius 2 is 1.35 bits per heavy atom. The highest BCUT2D eigenvalue weighted by atomic mass is 32.2. The SMILES string of the molecule is O=C(NC1CCCC1)NC1CCS(=O)(=O)CC1. The van der Waals surface area contributed by atoms with Gasteiger partial charge in [-0.05, 0) is 25.7 Å². The summed E-state index contributed by atoms with van der Waals surface area (Å²) in [6, 6.07) is 0.184. The number of amides is 2.